The molecule has 0 bridgehead atoms. The summed E-state index contributed by atoms with van der Waals surface area (Å²) in [6.07, 6.45) is 3.14. The van der Waals surface area contributed by atoms with Crippen molar-refractivity contribution in [3.63, 3.8) is 0 Å². The number of nitrogens with one attached hydrogen (secondary N) is 1. The summed E-state index contributed by atoms with van der Waals surface area (Å²) in [7, 11) is 0. The van der Waals surface area contributed by atoms with E-state index in [1.807, 2.05) is 6.07 Å². The number of benzene rings is 1. The van der Waals surface area contributed by atoms with E-state index in [0.29, 0.717) is 6.54 Å². The monoisotopic (exact) mass is 266 g/mol. The Morgan fingerprint density at radius 3 is 2.93 bits per heavy atom. The third kappa shape index (κ3) is 2.83. The zero-order valence-electron chi connectivity index (χ0n) is 8.33. The average molecular weight is 267 g/mol. The van der Waals surface area contributed by atoms with Crippen molar-refractivity contribution in [2.75, 3.05) is 5.32 Å². The number of aromatic nitrogens is 1. The second kappa shape index (κ2) is 4.49. The first kappa shape index (κ1) is 10.2. The smallest absolute Gasteiger partial charge is 0.180 e. The fourth-order valence-corrected chi connectivity index (χ4v) is 1.96. The molecule has 0 atom stereocenters. The van der Waals surface area contributed by atoms with Crippen LogP contribution in [0.15, 0.2) is 39.7 Å². The lowest BCUT2D eigenvalue weighted by molar-refractivity contribution is 0.512. The standard InChI is InChI=1S/C11H11BrN2O/c1-8-2-9(12)4-10(3-8)14-6-11-5-13-7-15-11/h2-5,7,14H,6H2,1H3. The van der Waals surface area contributed by atoms with Gasteiger partial charge in [-0.05, 0) is 30.7 Å². The number of halogens is 1. The molecule has 0 unspecified atom stereocenters. The van der Waals surface area contributed by atoms with Crippen LogP contribution in [-0.2, 0) is 6.54 Å². The molecule has 0 amide bonds. The fourth-order valence-electron chi connectivity index (χ4n) is 1.36. The summed E-state index contributed by atoms with van der Waals surface area (Å²) in [4.78, 5) is 3.85. The zero-order valence-corrected chi connectivity index (χ0v) is 9.91. The van der Waals surface area contributed by atoms with Crippen LogP contribution in [0, 0.1) is 6.92 Å². The first-order chi connectivity index (χ1) is 7.24. The lowest BCUT2D eigenvalue weighted by Gasteiger charge is -2.05. The molecule has 78 valence electrons. The lowest BCUT2D eigenvalue weighted by Crippen LogP contribution is -1.98. The van der Waals surface area contributed by atoms with Crippen LogP contribution in [0.4, 0.5) is 5.69 Å². The predicted octanol–water partition coefficient (Wildman–Crippen LogP) is 3.36. The molecule has 2 aromatic rings. The van der Waals surface area contributed by atoms with Gasteiger partial charge in [-0.25, -0.2) is 4.98 Å². The number of rotatable bonds is 3. The molecule has 0 aliphatic carbocycles. The Hall–Kier alpha value is -1.29. The Morgan fingerprint density at radius 1 is 1.40 bits per heavy atom. The maximum absolute atomic E-state index is 5.13. The van der Waals surface area contributed by atoms with E-state index in [4.69, 9.17) is 4.42 Å². The van der Waals surface area contributed by atoms with E-state index in [-0.39, 0.29) is 0 Å². The number of nitrogens with zero attached hydrogens (tertiary/aromatic N) is 1. The normalized spacial score (nSPS) is 10.3. The maximum atomic E-state index is 5.13. The summed E-state index contributed by atoms with van der Waals surface area (Å²) >= 11 is 3.46. The summed E-state index contributed by atoms with van der Waals surface area (Å²) in [6, 6.07) is 6.18. The van der Waals surface area contributed by atoms with E-state index in [1.165, 1.54) is 12.0 Å². The Kier molecular flexibility index (Phi) is 3.06. The molecule has 0 saturated heterocycles. The first-order valence-electron chi connectivity index (χ1n) is 4.62. The van der Waals surface area contributed by atoms with Crippen molar-refractivity contribution in [3.05, 3.63) is 46.6 Å². The molecule has 1 heterocycles. The second-order valence-corrected chi connectivity index (χ2v) is 4.25. The fraction of sp³-hybridized carbons (Fsp3) is 0.182. The third-order valence-corrected chi connectivity index (χ3v) is 2.45. The van der Waals surface area contributed by atoms with Crippen molar-refractivity contribution in [3.8, 4) is 0 Å². The Labute approximate surface area is 96.6 Å². The van der Waals surface area contributed by atoms with Crippen LogP contribution in [0.25, 0.3) is 0 Å². The molecule has 0 radical (unpaired) electrons. The van der Waals surface area contributed by atoms with E-state index in [2.05, 4.69) is 45.3 Å². The van der Waals surface area contributed by atoms with Gasteiger partial charge in [0.25, 0.3) is 0 Å². The second-order valence-electron chi connectivity index (χ2n) is 3.34. The van der Waals surface area contributed by atoms with Crippen LogP contribution in [0.5, 0.6) is 0 Å². The van der Waals surface area contributed by atoms with Crippen molar-refractivity contribution in [1.82, 2.24) is 4.98 Å². The molecular formula is C11H11BrN2O. The maximum Gasteiger partial charge on any atom is 0.180 e. The van der Waals surface area contributed by atoms with E-state index in [1.54, 1.807) is 6.20 Å². The lowest BCUT2D eigenvalue weighted by atomic mass is 10.2. The molecule has 4 heteroatoms. The van der Waals surface area contributed by atoms with E-state index >= 15 is 0 Å². The van der Waals surface area contributed by atoms with Gasteiger partial charge in [-0.3, -0.25) is 0 Å². The van der Waals surface area contributed by atoms with Gasteiger partial charge in [0, 0.05) is 10.2 Å². The number of anilines is 1. The van der Waals surface area contributed by atoms with Gasteiger partial charge in [-0.2, -0.15) is 0 Å². The van der Waals surface area contributed by atoms with Crippen LogP contribution in [0.1, 0.15) is 11.3 Å². The van der Waals surface area contributed by atoms with Crippen LogP contribution >= 0.6 is 15.9 Å². The van der Waals surface area contributed by atoms with E-state index < -0.39 is 0 Å². The minimum atomic E-state index is 0.649. The first-order valence-corrected chi connectivity index (χ1v) is 5.42. The van der Waals surface area contributed by atoms with Gasteiger partial charge in [0.05, 0.1) is 12.7 Å². The van der Waals surface area contributed by atoms with Gasteiger partial charge in [0.2, 0.25) is 0 Å². The molecule has 1 aromatic heterocycles. The van der Waals surface area contributed by atoms with Gasteiger partial charge in [0.1, 0.15) is 5.76 Å². The molecule has 1 N–H and O–H groups in total. The highest BCUT2D eigenvalue weighted by atomic mass is 79.9. The minimum absolute atomic E-state index is 0.649. The van der Waals surface area contributed by atoms with Crippen molar-refractivity contribution in [2.24, 2.45) is 0 Å². The molecule has 0 fully saturated rings. The van der Waals surface area contributed by atoms with Crippen LogP contribution in [0.3, 0.4) is 0 Å². The Balaban J connectivity index is 2.05. The van der Waals surface area contributed by atoms with Crippen molar-refractivity contribution in [1.29, 1.82) is 0 Å². The van der Waals surface area contributed by atoms with Gasteiger partial charge in [0.15, 0.2) is 6.39 Å². The quantitative estimate of drug-likeness (QED) is 0.926. The predicted molar refractivity (Wildman–Crippen MR) is 62.7 cm³/mol. The van der Waals surface area contributed by atoms with Crippen molar-refractivity contribution in [2.45, 2.75) is 13.5 Å². The number of hydrogen-bond acceptors (Lipinski definition) is 3. The number of hydrogen-bond donors (Lipinski definition) is 1. The molecule has 0 spiro atoms. The molecule has 0 aliphatic rings. The molecule has 0 aliphatic heterocycles. The summed E-state index contributed by atoms with van der Waals surface area (Å²) in [5.74, 6) is 0.827. The highest BCUT2D eigenvalue weighted by molar-refractivity contribution is 9.10. The van der Waals surface area contributed by atoms with Crippen molar-refractivity contribution < 1.29 is 4.42 Å². The van der Waals surface area contributed by atoms with E-state index in [0.717, 1.165) is 15.9 Å². The van der Waals surface area contributed by atoms with Gasteiger partial charge < -0.3 is 9.73 Å². The van der Waals surface area contributed by atoms with Gasteiger partial charge >= 0.3 is 0 Å². The molecular weight excluding hydrogens is 256 g/mol. The Morgan fingerprint density at radius 2 is 2.27 bits per heavy atom. The highest BCUT2D eigenvalue weighted by Crippen LogP contribution is 2.19. The molecule has 0 saturated carbocycles. The van der Waals surface area contributed by atoms with Gasteiger partial charge in [-0.1, -0.05) is 15.9 Å². The van der Waals surface area contributed by atoms with Gasteiger partial charge in [-0.15, -0.1) is 0 Å². The SMILES string of the molecule is Cc1cc(Br)cc(NCc2cnco2)c1. The van der Waals surface area contributed by atoms with E-state index in [9.17, 15) is 0 Å². The van der Waals surface area contributed by atoms with Crippen molar-refractivity contribution >= 4 is 21.6 Å². The summed E-state index contributed by atoms with van der Waals surface area (Å²) in [5.41, 5.74) is 2.28. The summed E-state index contributed by atoms with van der Waals surface area (Å²) in [5, 5.41) is 3.26. The molecule has 1 aromatic carbocycles. The summed E-state index contributed by atoms with van der Waals surface area (Å²) in [6.45, 7) is 2.71. The number of oxazole rings is 1. The molecule has 2 rings (SSSR count). The topological polar surface area (TPSA) is 38.1 Å². The third-order valence-electron chi connectivity index (χ3n) is 1.99. The molecule has 3 nitrogen and oxygen atoms in total. The number of aryl methyl sites for hydroxylation is 1. The van der Waals surface area contributed by atoms with Crippen LogP contribution in [0.2, 0.25) is 0 Å². The average Bonchev–Trinajstić information content (AvgIpc) is 2.65. The summed E-state index contributed by atoms with van der Waals surface area (Å²) < 4.78 is 6.20. The largest absolute Gasteiger partial charge is 0.447 e. The van der Waals surface area contributed by atoms with Crippen LogP contribution < -0.4 is 5.32 Å². The molecule has 15 heavy (non-hydrogen) atoms. The minimum Gasteiger partial charge on any atom is -0.447 e. The zero-order chi connectivity index (χ0) is 10.7. The van der Waals surface area contributed by atoms with Crippen LogP contribution in [-0.4, -0.2) is 4.98 Å². The highest BCUT2D eigenvalue weighted by Gasteiger charge is 1.98. The Bertz CT molecular complexity index is 420.